The maximum atomic E-state index is 10.8. The Morgan fingerprint density at radius 3 is 2.67 bits per heavy atom. The van der Waals surface area contributed by atoms with Crippen LogP contribution < -0.4 is 10.6 Å². The highest BCUT2D eigenvalue weighted by Crippen LogP contribution is 2.25. The fourth-order valence-electron chi connectivity index (χ4n) is 1.69. The Balaban J connectivity index is 2.87. The van der Waals surface area contributed by atoms with Crippen LogP contribution >= 0.6 is 0 Å². The summed E-state index contributed by atoms with van der Waals surface area (Å²) in [5, 5.41) is 10.8. The van der Waals surface area contributed by atoms with Crippen molar-refractivity contribution >= 4 is 17.1 Å². The van der Waals surface area contributed by atoms with Crippen LogP contribution in [0.5, 0.6) is 0 Å². The van der Waals surface area contributed by atoms with Gasteiger partial charge in [0.1, 0.15) is 0 Å². The molecule has 0 amide bonds. The number of benzene rings is 1. The lowest BCUT2D eigenvalue weighted by atomic mass is 10.2. The van der Waals surface area contributed by atoms with E-state index in [0.717, 1.165) is 12.2 Å². The third-order valence-electron chi connectivity index (χ3n) is 2.59. The van der Waals surface area contributed by atoms with E-state index >= 15 is 0 Å². The van der Waals surface area contributed by atoms with E-state index in [1.165, 1.54) is 12.1 Å². The summed E-state index contributed by atoms with van der Waals surface area (Å²) in [6, 6.07) is 4.63. The van der Waals surface area contributed by atoms with E-state index in [1.807, 2.05) is 18.7 Å². The van der Waals surface area contributed by atoms with E-state index < -0.39 is 4.92 Å². The second-order valence-corrected chi connectivity index (χ2v) is 3.82. The zero-order chi connectivity index (χ0) is 13.5. The summed E-state index contributed by atoms with van der Waals surface area (Å²) in [5.74, 6) is 0. The number of nitrogens with two attached hydrogens (primary N) is 1. The molecule has 6 nitrogen and oxygen atoms in total. The predicted octanol–water partition coefficient (Wildman–Crippen LogP) is 2.04. The molecule has 0 aliphatic rings. The van der Waals surface area contributed by atoms with Gasteiger partial charge in [-0.25, -0.2) is 0 Å². The van der Waals surface area contributed by atoms with Crippen LogP contribution in [0, 0.1) is 10.1 Å². The molecule has 2 N–H and O–H groups in total. The van der Waals surface area contributed by atoms with Crippen molar-refractivity contribution in [1.29, 1.82) is 0 Å². The minimum absolute atomic E-state index is 0.0138. The first kappa shape index (κ1) is 14.2. The summed E-state index contributed by atoms with van der Waals surface area (Å²) in [6.45, 7) is 6.60. The first-order valence-corrected chi connectivity index (χ1v) is 5.96. The Labute approximate surface area is 106 Å². The Morgan fingerprint density at radius 2 is 2.11 bits per heavy atom. The van der Waals surface area contributed by atoms with Crippen molar-refractivity contribution in [3.05, 3.63) is 28.3 Å². The number of rotatable bonds is 7. The number of ether oxygens (including phenoxy) is 1. The van der Waals surface area contributed by atoms with Gasteiger partial charge in [-0.2, -0.15) is 0 Å². The second kappa shape index (κ2) is 6.80. The first-order valence-electron chi connectivity index (χ1n) is 5.96. The molecular weight excluding hydrogens is 234 g/mol. The van der Waals surface area contributed by atoms with E-state index in [0.29, 0.717) is 25.4 Å². The molecule has 1 rings (SSSR count). The topological polar surface area (TPSA) is 81.6 Å². The maximum Gasteiger partial charge on any atom is 0.273 e. The predicted molar refractivity (Wildman–Crippen MR) is 71.9 cm³/mol. The number of non-ortho nitro benzene ring substituents is 1. The normalized spacial score (nSPS) is 10.3. The number of hydrogen-bond donors (Lipinski definition) is 1. The van der Waals surface area contributed by atoms with E-state index in [1.54, 1.807) is 6.07 Å². The van der Waals surface area contributed by atoms with Gasteiger partial charge in [0.25, 0.3) is 5.69 Å². The number of nitro groups is 1. The molecule has 0 aromatic heterocycles. The van der Waals surface area contributed by atoms with Crippen molar-refractivity contribution in [3.8, 4) is 0 Å². The third-order valence-corrected chi connectivity index (χ3v) is 2.59. The highest BCUT2D eigenvalue weighted by Gasteiger charge is 2.12. The van der Waals surface area contributed by atoms with Crippen molar-refractivity contribution in [2.45, 2.75) is 13.8 Å². The molecule has 0 heterocycles. The molecule has 0 saturated carbocycles. The fraction of sp³-hybridized carbons (Fsp3) is 0.500. The summed E-state index contributed by atoms with van der Waals surface area (Å²) in [7, 11) is 0. The molecule has 100 valence electrons. The lowest BCUT2D eigenvalue weighted by Crippen LogP contribution is -2.27. The number of nitrogens with zero attached hydrogens (tertiary/aromatic N) is 2. The van der Waals surface area contributed by atoms with Gasteiger partial charge in [0.05, 0.1) is 11.5 Å². The van der Waals surface area contributed by atoms with Gasteiger partial charge in [0, 0.05) is 43.2 Å². The number of nitro benzene ring substituents is 1. The zero-order valence-corrected chi connectivity index (χ0v) is 10.8. The molecule has 0 bridgehead atoms. The van der Waals surface area contributed by atoms with Crippen molar-refractivity contribution in [1.82, 2.24) is 0 Å². The van der Waals surface area contributed by atoms with Crippen molar-refractivity contribution < 1.29 is 9.66 Å². The van der Waals surface area contributed by atoms with E-state index in [-0.39, 0.29) is 5.69 Å². The molecule has 0 aliphatic heterocycles. The average Bonchev–Trinajstić information content (AvgIpc) is 2.34. The van der Waals surface area contributed by atoms with Crippen LogP contribution in [0.3, 0.4) is 0 Å². The molecule has 0 unspecified atom stereocenters. The van der Waals surface area contributed by atoms with E-state index in [4.69, 9.17) is 10.5 Å². The molecule has 18 heavy (non-hydrogen) atoms. The number of anilines is 2. The quantitative estimate of drug-likeness (QED) is 0.348. The summed E-state index contributed by atoms with van der Waals surface area (Å²) in [6.07, 6.45) is 0. The van der Waals surface area contributed by atoms with Gasteiger partial charge in [-0.1, -0.05) is 0 Å². The van der Waals surface area contributed by atoms with Crippen LogP contribution in [0.4, 0.5) is 17.1 Å². The van der Waals surface area contributed by atoms with Gasteiger partial charge < -0.3 is 15.4 Å². The summed E-state index contributed by atoms with van der Waals surface area (Å²) in [5.41, 5.74) is 6.85. The van der Waals surface area contributed by atoms with Gasteiger partial charge in [-0.05, 0) is 19.9 Å². The Hall–Kier alpha value is -1.82. The highest BCUT2D eigenvalue weighted by molar-refractivity contribution is 5.62. The summed E-state index contributed by atoms with van der Waals surface area (Å²) >= 11 is 0. The van der Waals surface area contributed by atoms with Gasteiger partial charge in [-0.3, -0.25) is 10.1 Å². The Kier molecular flexibility index (Phi) is 5.38. The SMILES string of the molecule is CCOCCN(CC)c1cc(N)cc([N+](=O)[O-])c1. The summed E-state index contributed by atoms with van der Waals surface area (Å²) in [4.78, 5) is 12.3. The number of nitrogen functional groups attached to an aromatic ring is 1. The smallest absolute Gasteiger partial charge is 0.273 e. The van der Waals surface area contributed by atoms with Gasteiger partial charge in [0.15, 0.2) is 0 Å². The largest absolute Gasteiger partial charge is 0.398 e. The van der Waals surface area contributed by atoms with Crippen LogP contribution in [-0.2, 0) is 4.74 Å². The Bertz CT molecular complexity index is 410. The monoisotopic (exact) mass is 253 g/mol. The van der Waals surface area contributed by atoms with Crippen molar-refractivity contribution in [2.75, 3.05) is 36.9 Å². The molecule has 1 aromatic rings. The van der Waals surface area contributed by atoms with Crippen LogP contribution in [0.25, 0.3) is 0 Å². The van der Waals surface area contributed by atoms with Crippen LogP contribution in [-0.4, -0.2) is 31.2 Å². The highest BCUT2D eigenvalue weighted by atomic mass is 16.6. The number of hydrogen-bond acceptors (Lipinski definition) is 5. The van der Waals surface area contributed by atoms with Crippen LogP contribution in [0.1, 0.15) is 13.8 Å². The zero-order valence-electron chi connectivity index (χ0n) is 10.8. The summed E-state index contributed by atoms with van der Waals surface area (Å²) < 4.78 is 5.29. The van der Waals surface area contributed by atoms with Gasteiger partial charge in [-0.15, -0.1) is 0 Å². The number of likely N-dealkylation sites (N-methyl/N-ethyl adjacent to an activating group) is 1. The van der Waals surface area contributed by atoms with E-state index in [2.05, 4.69) is 0 Å². The van der Waals surface area contributed by atoms with Gasteiger partial charge in [0.2, 0.25) is 0 Å². The molecule has 0 spiro atoms. The molecule has 0 atom stereocenters. The lowest BCUT2D eigenvalue weighted by molar-refractivity contribution is -0.384. The second-order valence-electron chi connectivity index (χ2n) is 3.82. The maximum absolute atomic E-state index is 10.8. The first-order chi connectivity index (χ1) is 8.58. The third kappa shape index (κ3) is 3.89. The molecule has 0 fully saturated rings. The minimum Gasteiger partial charge on any atom is -0.398 e. The average molecular weight is 253 g/mol. The Morgan fingerprint density at radius 1 is 1.39 bits per heavy atom. The molecule has 6 heteroatoms. The minimum atomic E-state index is -0.434. The van der Waals surface area contributed by atoms with E-state index in [9.17, 15) is 10.1 Å². The van der Waals surface area contributed by atoms with Gasteiger partial charge >= 0.3 is 0 Å². The van der Waals surface area contributed by atoms with Crippen molar-refractivity contribution in [3.63, 3.8) is 0 Å². The standard InChI is InChI=1S/C12H19N3O3/c1-3-14(5-6-18-4-2)11-7-10(13)8-12(9-11)15(16)17/h7-9H,3-6,13H2,1-2H3. The lowest BCUT2D eigenvalue weighted by Gasteiger charge is -2.23. The van der Waals surface area contributed by atoms with Crippen LogP contribution in [0.15, 0.2) is 18.2 Å². The molecule has 1 aromatic carbocycles. The molecular formula is C12H19N3O3. The molecule has 0 radical (unpaired) electrons. The molecule has 0 aliphatic carbocycles. The fourth-order valence-corrected chi connectivity index (χ4v) is 1.69. The molecule has 0 saturated heterocycles. The van der Waals surface area contributed by atoms with Crippen molar-refractivity contribution in [2.24, 2.45) is 0 Å². The van der Waals surface area contributed by atoms with Crippen LogP contribution in [0.2, 0.25) is 0 Å².